The van der Waals surface area contributed by atoms with Crippen molar-refractivity contribution < 1.29 is 4.79 Å². The van der Waals surface area contributed by atoms with Crippen molar-refractivity contribution >= 4 is 17.6 Å². The second-order valence-electron chi connectivity index (χ2n) is 6.34. The van der Waals surface area contributed by atoms with Gasteiger partial charge in [-0.15, -0.1) is 0 Å². The van der Waals surface area contributed by atoms with Gasteiger partial charge in [-0.2, -0.15) is 0 Å². The average molecular weight is 309 g/mol. The van der Waals surface area contributed by atoms with E-state index >= 15 is 0 Å². The van der Waals surface area contributed by atoms with Gasteiger partial charge in [-0.25, -0.2) is 4.79 Å². The molecule has 0 heterocycles. The number of urea groups is 1. The maximum absolute atomic E-state index is 12.1. The van der Waals surface area contributed by atoms with Crippen LogP contribution in [0.4, 0.5) is 4.79 Å². The van der Waals surface area contributed by atoms with Crippen LogP contribution in [0.5, 0.6) is 0 Å². The fraction of sp³-hybridized carbons (Fsp3) is 0.588. The number of amides is 2. The number of nitrogens with zero attached hydrogens (tertiary/aromatic N) is 1. The molecule has 1 aromatic rings. The molecule has 3 nitrogen and oxygen atoms in total. The van der Waals surface area contributed by atoms with Gasteiger partial charge in [-0.1, -0.05) is 44.0 Å². The molecule has 2 rings (SSSR count). The van der Waals surface area contributed by atoms with E-state index in [1.54, 1.807) is 4.90 Å². The highest BCUT2D eigenvalue weighted by Gasteiger charge is 2.44. The Morgan fingerprint density at radius 2 is 2.00 bits per heavy atom. The smallest absolute Gasteiger partial charge is 0.317 e. The van der Waals surface area contributed by atoms with E-state index in [4.69, 9.17) is 11.6 Å². The third-order valence-corrected chi connectivity index (χ3v) is 4.77. The normalized spacial score (nSPS) is 17.1. The van der Waals surface area contributed by atoms with E-state index in [-0.39, 0.29) is 11.4 Å². The Kier molecular flexibility index (Phi) is 5.15. The van der Waals surface area contributed by atoms with Crippen LogP contribution >= 0.6 is 11.6 Å². The summed E-state index contributed by atoms with van der Waals surface area (Å²) in [5.74, 6) is 0.534. The number of carbonyl (C=O) groups is 1. The zero-order chi connectivity index (χ0) is 15.5. The number of hydrogen-bond acceptors (Lipinski definition) is 1. The SMILES string of the molecule is CCC(C)CN(C)C(=O)NCC1(c2ccc(Cl)cc2)CC1. The first-order valence-corrected chi connectivity index (χ1v) is 8.09. The summed E-state index contributed by atoms with van der Waals surface area (Å²) in [7, 11) is 1.86. The molecule has 1 fully saturated rings. The topological polar surface area (TPSA) is 32.3 Å². The van der Waals surface area contributed by atoms with Gasteiger partial charge >= 0.3 is 6.03 Å². The Balaban J connectivity index is 1.87. The molecule has 0 saturated heterocycles. The predicted octanol–water partition coefficient (Wildman–Crippen LogP) is 4.06. The van der Waals surface area contributed by atoms with E-state index in [9.17, 15) is 4.79 Å². The summed E-state index contributed by atoms with van der Waals surface area (Å²) in [5, 5.41) is 3.84. The molecular formula is C17H25ClN2O. The van der Waals surface area contributed by atoms with E-state index in [0.29, 0.717) is 12.5 Å². The molecule has 1 atom stereocenters. The first kappa shape index (κ1) is 16.2. The van der Waals surface area contributed by atoms with Crippen molar-refractivity contribution in [3.63, 3.8) is 0 Å². The van der Waals surface area contributed by atoms with E-state index in [2.05, 4.69) is 31.3 Å². The zero-order valence-corrected chi connectivity index (χ0v) is 13.9. The van der Waals surface area contributed by atoms with Gasteiger partial charge in [0.25, 0.3) is 0 Å². The van der Waals surface area contributed by atoms with Crippen molar-refractivity contribution in [2.75, 3.05) is 20.1 Å². The Morgan fingerprint density at radius 1 is 1.38 bits per heavy atom. The lowest BCUT2D eigenvalue weighted by atomic mass is 9.96. The molecule has 1 aliphatic rings. The monoisotopic (exact) mass is 308 g/mol. The van der Waals surface area contributed by atoms with Gasteiger partial charge in [-0.05, 0) is 36.5 Å². The highest BCUT2D eigenvalue weighted by molar-refractivity contribution is 6.30. The standard InChI is InChI=1S/C17H25ClN2O/c1-4-13(2)11-20(3)16(21)19-12-17(9-10-17)14-5-7-15(18)8-6-14/h5-8,13H,4,9-12H2,1-3H3,(H,19,21). The van der Waals surface area contributed by atoms with Crippen molar-refractivity contribution in [1.29, 1.82) is 0 Å². The van der Waals surface area contributed by atoms with E-state index in [1.807, 2.05) is 19.2 Å². The Labute approximate surface area is 132 Å². The van der Waals surface area contributed by atoms with Gasteiger partial charge in [0.05, 0.1) is 0 Å². The number of benzene rings is 1. The number of nitrogens with one attached hydrogen (secondary N) is 1. The Bertz CT molecular complexity index is 482. The minimum absolute atomic E-state index is 0.0236. The first-order valence-electron chi connectivity index (χ1n) is 7.72. The predicted molar refractivity (Wildman–Crippen MR) is 87.8 cm³/mol. The molecule has 21 heavy (non-hydrogen) atoms. The average Bonchev–Trinajstić information content (AvgIpc) is 3.26. The molecule has 4 heteroatoms. The van der Waals surface area contributed by atoms with Gasteiger partial charge in [0.15, 0.2) is 0 Å². The molecule has 0 aliphatic heterocycles. The summed E-state index contributed by atoms with van der Waals surface area (Å²) < 4.78 is 0. The molecule has 0 radical (unpaired) electrons. The fourth-order valence-electron chi connectivity index (χ4n) is 2.58. The Morgan fingerprint density at radius 3 is 2.52 bits per heavy atom. The van der Waals surface area contributed by atoms with Crippen LogP contribution in [0.3, 0.4) is 0 Å². The van der Waals surface area contributed by atoms with Crippen LogP contribution in [0, 0.1) is 5.92 Å². The van der Waals surface area contributed by atoms with E-state index in [1.165, 1.54) is 5.56 Å². The van der Waals surface area contributed by atoms with Crippen molar-refractivity contribution in [3.8, 4) is 0 Å². The van der Waals surface area contributed by atoms with Crippen molar-refractivity contribution in [3.05, 3.63) is 34.9 Å². The molecule has 0 spiro atoms. The molecule has 1 aromatic carbocycles. The van der Waals surface area contributed by atoms with E-state index < -0.39 is 0 Å². The van der Waals surface area contributed by atoms with Crippen LogP contribution in [0.25, 0.3) is 0 Å². The van der Waals surface area contributed by atoms with Crippen LogP contribution in [0.15, 0.2) is 24.3 Å². The minimum Gasteiger partial charge on any atom is -0.337 e. The molecule has 1 N–H and O–H groups in total. The highest BCUT2D eigenvalue weighted by atomic mass is 35.5. The van der Waals surface area contributed by atoms with Gasteiger partial charge in [0, 0.05) is 30.6 Å². The largest absolute Gasteiger partial charge is 0.337 e. The molecular weight excluding hydrogens is 284 g/mol. The second kappa shape index (κ2) is 6.69. The fourth-order valence-corrected chi connectivity index (χ4v) is 2.71. The molecule has 0 aromatic heterocycles. The third kappa shape index (κ3) is 4.13. The van der Waals surface area contributed by atoms with Gasteiger partial charge in [0.1, 0.15) is 0 Å². The number of halogens is 1. The highest BCUT2D eigenvalue weighted by Crippen LogP contribution is 2.47. The molecule has 1 aliphatic carbocycles. The van der Waals surface area contributed by atoms with Crippen molar-refractivity contribution in [1.82, 2.24) is 10.2 Å². The second-order valence-corrected chi connectivity index (χ2v) is 6.78. The summed E-state index contributed by atoms with van der Waals surface area (Å²) in [4.78, 5) is 13.9. The lowest BCUT2D eigenvalue weighted by Gasteiger charge is -2.23. The lowest BCUT2D eigenvalue weighted by molar-refractivity contribution is 0.200. The first-order chi connectivity index (χ1) is 9.97. The quantitative estimate of drug-likeness (QED) is 0.844. The summed E-state index contributed by atoms with van der Waals surface area (Å²) >= 11 is 5.94. The number of carbonyl (C=O) groups excluding carboxylic acids is 1. The van der Waals surface area contributed by atoms with Gasteiger partial charge < -0.3 is 10.2 Å². The van der Waals surface area contributed by atoms with Crippen LogP contribution in [0.2, 0.25) is 5.02 Å². The van der Waals surface area contributed by atoms with E-state index in [0.717, 1.165) is 30.8 Å². The van der Waals surface area contributed by atoms with Crippen LogP contribution in [-0.2, 0) is 5.41 Å². The van der Waals surface area contributed by atoms with Gasteiger partial charge in [-0.3, -0.25) is 0 Å². The maximum atomic E-state index is 12.1. The minimum atomic E-state index is 0.0236. The number of hydrogen-bond donors (Lipinski definition) is 1. The number of rotatable bonds is 6. The zero-order valence-electron chi connectivity index (χ0n) is 13.2. The summed E-state index contributed by atoms with van der Waals surface area (Å²) in [6, 6.07) is 8.02. The van der Waals surface area contributed by atoms with Crippen LogP contribution in [-0.4, -0.2) is 31.1 Å². The maximum Gasteiger partial charge on any atom is 0.317 e. The summed E-state index contributed by atoms with van der Waals surface area (Å²) in [6.45, 7) is 5.82. The molecule has 1 unspecified atom stereocenters. The van der Waals surface area contributed by atoms with Gasteiger partial charge in [0.2, 0.25) is 0 Å². The lowest BCUT2D eigenvalue weighted by Crippen LogP contribution is -2.42. The molecule has 0 bridgehead atoms. The summed E-state index contributed by atoms with van der Waals surface area (Å²) in [6.07, 6.45) is 3.35. The van der Waals surface area contributed by atoms with Crippen LogP contribution in [0.1, 0.15) is 38.7 Å². The van der Waals surface area contributed by atoms with Crippen molar-refractivity contribution in [2.24, 2.45) is 5.92 Å². The molecule has 116 valence electrons. The molecule has 1 saturated carbocycles. The molecule has 2 amide bonds. The Hall–Kier alpha value is -1.22. The summed E-state index contributed by atoms with van der Waals surface area (Å²) in [5.41, 5.74) is 1.40. The third-order valence-electron chi connectivity index (χ3n) is 4.52. The van der Waals surface area contributed by atoms with Crippen molar-refractivity contribution in [2.45, 2.75) is 38.5 Å². The van der Waals surface area contributed by atoms with Crippen LogP contribution < -0.4 is 5.32 Å².